The Kier molecular flexibility index (Phi) is 5.30. The number of para-hydroxylation sites is 1. The molecule has 0 amide bonds. The average molecular weight is 372 g/mol. The molecule has 4 rings (SSSR count). The third-order valence-corrected chi connectivity index (χ3v) is 4.84. The lowest BCUT2D eigenvalue weighted by Gasteiger charge is -2.06. The number of nitrogens with one attached hydrogen (secondary N) is 1. The van der Waals surface area contributed by atoms with E-state index in [9.17, 15) is 0 Å². The second-order valence-electron chi connectivity index (χ2n) is 6.86. The minimum absolute atomic E-state index is 0.662. The lowest BCUT2D eigenvalue weighted by Crippen LogP contribution is -2.14. The van der Waals surface area contributed by atoms with Gasteiger partial charge in [0, 0.05) is 24.3 Å². The standard InChI is InChI=1S/C22H24N6/c1-17-22(18(2)27(25-17)16-19-9-5-3-6-10-19)15-23-13-20-14-24-28(26-20)21-11-7-4-8-12-21/h3-12,14,23H,13,15-16H2,1-2H3. The van der Waals surface area contributed by atoms with Crippen LogP contribution in [0.1, 0.15) is 28.2 Å². The van der Waals surface area contributed by atoms with Gasteiger partial charge in [-0.05, 0) is 31.5 Å². The van der Waals surface area contributed by atoms with Crippen molar-refractivity contribution in [3.05, 3.63) is 95.1 Å². The maximum absolute atomic E-state index is 4.72. The predicted octanol–water partition coefficient (Wildman–Crippen LogP) is 3.42. The van der Waals surface area contributed by atoms with Gasteiger partial charge in [-0.15, -0.1) is 0 Å². The molecular weight excluding hydrogens is 348 g/mol. The van der Waals surface area contributed by atoms with Gasteiger partial charge in [-0.2, -0.15) is 20.1 Å². The first-order valence-corrected chi connectivity index (χ1v) is 9.45. The highest BCUT2D eigenvalue weighted by atomic mass is 15.5. The summed E-state index contributed by atoms with van der Waals surface area (Å²) in [6, 6.07) is 20.3. The van der Waals surface area contributed by atoms with Crippen LogP contribution in [-0.2, 0) is 19.6 Å². The zero-order valence-electron chi connectivity index (χ0n) is 16.2. The van der Waals surface area contributed by atoms with E-state index in [1.54, 1.807) is 11.0 Å². The molecule has 0 bridgehead atoms. The minimum atomic E-state index is 0.662. The molecule has 4 aromatic rings. The number of hydrogen-bond acceptors (Lipinski definition) is 4. The van der Waals surface area contributed by atoms with E-state index in [0.717, 1.165) is 30.2 Å². The molecule has 0 fully saturated rings. The van der Waals surface area contributed by atoms with Gasteiger partial charge in [0.25, 0.3) is 0 Å². The normalized spacial score (nSPS) is 11.1. The molecule has 0 aliphatic rings. The molecule has 6 heteroatoms. The molecule has 1 N–H and O–H groups in total. The number of nitrogens with zero attached hydrogens (tertiary/aromatic N) is 5. The van der Waals surface area contributed by atoms with Crippen molar-refractivity contribution in [3.63, 3.8) is 0 Å². The molecule has 0 saturated heterocycles. The van der Waals surface area contributed by atoms with Gasteiger partial charge in [-0.1, -0.05) is 48.5 Å². The number of aryl methyl sites for hydroxylation is 1. The van der Waals surface area contributed by atoms with Crippen molar-refractivity contribution in [3.8, 4) is 5.69 Å². The largest absolute Gasteiger partial charge is 0.307 e. The molecule has 0 atom stereocenters. The fourth-order valence-electron chi connectivity index (χ4n) is 3.28. The number of aromatic nitrogens is 5. The summed E-state index contributed by atoms with van der Waals surface area (Å²) < 4.78 is 2.08. The molecule has 2 aromatic heterocycles. The van der Waals surface area contributed by atoms with Crippen LogP contribution in [0.3, 0.4) is 0 Å². The third-order valence-electron chi connectivity index (χ3n) is 4.84. The van der Waals surface area contributed by atoms with Gasteiger partial charge in [0.05, 0.1) is 29.8 Å². The summed E-state index contributed by atoms with van der Waals surface area (Å²) in [5.74, 6) is 0. The summed E-state index contributed by atoms with van der Waals surface area (Å²) in [7, 11) is 0. The Balaban J connectivity index is 1.38. The molecule has 0 aliphatic heterocycles. The second kappa shape index (κ2) is 8.19. The van der Waals surface area contributed by atoms with Crippen LogP contribution in [0.4, 0.5) is 0 Å². The highest BCUT2D eigenvalue weighted by Gasteiger charge is 2.12. The molecular formula is C22H24N6. The summed E-state index contributed by atoms with van der Waals surface area (Å²) in [5, 5.41) is 17.1. The van der Waals surface area contributed by atoms with Crippen molar-refractivity contribution in [2.75, 3.05) is 0 Å². The van der Waals surface area contributed by atoms with Crippen molar-refractivity contribution in [1.29, 1.82) is 0 Å². The van der Waals surface area contributed by atoms with Crippen LogP contribution in [0.5, 0.6) is 0 Å². The zero-order valence-corrected chi connectivity index (χ0v) is 16.2. The van der Waals surface area contributed by atoms with E-state index in [2.05, 4.69) is 58.3 Å². The van der Waals surface area contributed by atoms with E-state index in [4.69, 9.17) is 5.10 Å². The molecule has 0 unspecified atom stereocenters. The van der Waals surface area contributed by atoms with E-state index in [-0.39, 0.29) is 0 Å². The van der Waals surface area contributed by atoms with Gasteiger partial charge < -0.3 is 5.32 Å². The summed E-state index contributed by atoms with van der Waals surface area (Å²) in [4.78, 5) is 1.66. The SMILES string of the molecule is Cc1nn(Cc2ccccc2)c(C)c1CNCc1cnn(-c2ccccc2)n1. The zero-order chi connectivity index (χ0) is 19.3. The molecule has 2 aromatic carbocycles. The summed E-state index contributed by atoms with van der Waals surface area (Å²) in [5.41, 5.74) is 6.63. The molecule has 0 aliphatic carbocycles. The van der Waals surface area contributed by atoms with Gasteiger partial charge in [0.15, 0.2) is 0 Å². The smallest absolute Gasteiger partial charge is 0.0969 e. The van der Waals surface area contributed by atoms with Crippen molar-refractivity contribution < 1.29 is 0 Å². The fraction of sp³-hybridized carbons (Fsp3) is 0.227. The van der Waals surface area contributed by atoms with Crippen LogP contribution in [-0.4, -0.2) is 24.8 Å². The Morgan fingerprint density at radius 3 is 2.32 bits per heavy atom. The fourth-order valence-corrected chi connectivity index (χ4v) is 3.28. The van der Waals surface area contributed by atoms with Gasteiger partial charge in [0.1, 0.15) is 0 Å². The highest BCUT2D eigenvalue weighted by molar-refractivity contribution is 5.28. The molecule has 0 spiro atoms. The van der Waals surface area contributed by atoms with E-state index < -0.39 is 0 Å². The first-order chi connectivity index (χ1) is 13.7. The topological polar surface area (TPSA) is 60.6 Å². The summed E-state index contributed by atoms with van der Waals surface area (Å²) >= 11 is 0. The van der Waals surface area contributed by atoms with Crippen molar-refractivity contribution >= 4 is 0 Å². The van der Waals surface area contributed by atoms with Gasteiger partial charge in [-0.3, -0.25) is 4.68 Å². The van der Waals surface area contributed by atoms with Crippen molar-refractivity contribution in [1.82, 2.24) is 30.1 Å². The van der Waals surface area contributed by atoms with Crippen LogP contribution in [0.25, 0.3) is 5.69 Å². The molecule has 0 radical (unpaired) electrons. The van der Waals surface area contributed by atoms with E-state index >= 15 is 0 Å². The average Bonchev–Trinajstić information content (AvgIpc) is 3.30. The Labute approximate surface area is 164 Å². The van der Waals surface area contributed by atoms with Crippen LogP contribution in [0.15, 0.2) is 66.9 Å². The Hall–Kier alpha value is -3.25. The van der Waals surface area contributed by atoms with Crippen LogP contribution in [0.2, 0.25) is 0 Å². The van der Waals surface area contributed by atoms with Gasteiger partial charge >= 0.3 is 0 Å². The van der Waals surface area contributed by atoms with E-state index in [1.807, 2.05) is 36.4 Å². The van der Waals surface area contributed by atoms with Crippen molar-refractivity contribution in [2.24, 2.45) is 0 Å². The molecule has 0 saturated carbocycles. The Morgan fingerprint density at radius 2 is 1.57 bits per heavy atom. The molecule has 2 heterocycles. The monoisotopic (exact) mass is 372 g/mol. The Bertz CT molecular complexity index is 1030. The van der Waals surface area contributed by atoms with Crippen LogP contribution >= 0.6 is 0 Å². The highest BCUT2D eigenvalue weighted by Crippen LogP contribution is 2.15. The number of hydrogen-bond donors (Lipinski definition) is 1. The third kappa shape index (κ3) is 4.02. The molecule has 142 valence electrons. The second-order valence-corrected chi connectivity index (χ2v) is 6.86. The Morgan fingerprint density at radius 1 is 0.857 bits per heavy atom. The lowest BCUT2D eigenvalue weighted by atomic mass is 10.2. The van der Waals surface area contributed by atoms with Crippen LogP contribution < -0.4 is 5.32 Å². The first kappa shape index (κ1) is 18.1. The summed E-state index contributed by atoms with van der Waals surface area (Å²) in [6.45, 7) is 6.40. The number of benzene rings is 2. The number of rotatable bonds is 7. The van der Waals surface area contributed by atoms with Crippen molar-refractivity contribution in [2.45, 2.75) is 33.5 Å². The first-order valence-electron chi connectivity index (χ1n) is 9.45. The van der Waals surface area contributed by atoms with Gasteiger partial charge in [-0.25, -0.2) is 0 Å². The van der Waals surface area contributed by atoms with E-state index in [1.165, 1.54) is 16.8 Å². The van der Waals surface area contributed by atoms with E-state index in [0.29, 0.717) is 6.54 Å². The molecule has 28 heavy (non-hydrogen) atoms. The quantitative estimate of drug-likeness (QED) is 0.540. The lowest BCUT2D eigenvalue weighted by molar-refractivity contribution is 0.646. The maximum Gasteiger partial charge on any atom is 0.0969 e. The van der Waals surface area contributed by atoms with Crippen LogP contribution in [0, 0.1) is 13.8 Å². The molecule has 6 nitrogen and oxygen atoms in total. The minimum Gasteiger partial charge on any atom is -0.307 e. The summed E-state index contributed by atoms with van der Waals surface area (Å²) in [6.07, 6.45) is 1.80. The predicted molar refractivity (Wildman–Crippen MR) is 109 cm³/mol. The van der Waals surface area contributed by atoms with Gasteiger partial charge in [0.2, 0.25) is 0 Å². The maximum atomic E-state index is 4.72.